The molecule has 0 saturated heterocycles. The van der Waals surface area contributed by atoms with Crippen molar-refractivity contribution in [1.82, 2.24) is 9.55 Å². The molecule has 4 rings (SSSR count). The number of methoxy groups -OCH3 is 1. The number of benzene rings is 2. The first kappa shape index (κ1) is 16.2. The second-order valence-electron chi connectivity index (χ2n) is 6.24. The summed E-state index contributed by atoms with van der Waals surface area (Å²) < 4.78 is 7.04. The number of ether oxygens (including phenoxy) is 1. The van der Waals surface area contributed by atoms with E-state index in [-0.39, 0.29) is 5.69 Å². The smallest absolute Gasteiger partial charge is 0.350 e. The molecule has 0 unspecified atom stereocenters. The van der Waals surface area contributed by atoms with Gasteiger partial charge in [0.25, 0.3) is 0 Å². The van der Waals surface area contributed by atoms with Crippen molar-refractivity contribution in [3.63, 3.8) is 0 Å². The fourth-order valence-corrected chi connectivity index (χ4v) is 3.28. The molecule has 1 aromatic heterocycles. The second kappa shape index (κ2) is 6.55. The van der Waals surface area contributed by atoms with Gasteiger partial charge >= 0.3 is 5.69 Å². The summed E-state index contributed by atoms with van der Waals surface area (Å²) in [7, 11) is 3.56. The van der Waals surface area contributed by atoms with E-state index in [2.05, 4.69) is 10.4 Å². The molecule has 0 fully saturated rings. The molecular weight excluding hydrogens is 328 g/mol. The van der Waals surface area contributed by atoms with Crippen LogP contribution in [0.3, 0.4) is 0 Å². The van der Waals surface area contributed by atoms with Gasteiger partial charge in [0.2, 0.25) is 0 Å². The normalized spacial score (nSPS) is 12.1. The van der Waals surface area contributed by atoms with Crippen molar-refractivity contribution in [1.29, 1.82) is 0 Å². The third-order valence-corrected chi connectivity index (χ3v) is 4.63. The predicted molar refractivity (Wildman–Crippen MR) is 103 cm³/mol. The summed E-state index contributed by atoms with van der Waals surface area (Å²) in [4.78, 5) is 16.7. The van der Waals surface area contributed by atoms with E-state index in [1.165, 1.54) is 5.56 Å². The lowest BCUT2D eigenvalue weighted by atomic mass is 9.97. The maximum Gasteiger partial charge on any atom is 0.350 e. The molecule has 1 N–H and O–H groups in total. The molecule has 0 amide bonds. The van der Waals surface area contributed by atoms with Gasteiger partial charge in [-0.1, -0.05) is 18.2 Å². The number of anilines is 2. The quantitative estimate of drug-likeness (QED) is 0.735. The van der Waals surface area contributed by atoms with E-state index in [0.29, 0.717) is 12.4 Å². The monoisotopic (exact) mass is 348 g/mol. The Morgan fingerprint density at radius 2 is 1.96 bits per heavy atom. The van der Waals surface area contributed by atoms with Crippen molar-refractivity contribution in [3.8, 4) is 17.0 Å². The summed E-state index contributed by atoms with van der Waals surface area (Å²) >= 11 is 0. The third-order valence-electron chi connectivity index (χ3n) is 4.63. The van der Waals surface area contributed by atoms with Crippen molar-refractivity contribution in [2.75, 3.05) is 24.6 Å². The van der Waals surface area contributed by atoms with Gasteiger partial charge in [0.05, 0.1) is 18.5 Å². The Labute approximate surface area is 151 Å². The van der Waals surface area contributed by atoms with Gasteiger partial charge in [0.1, 0.15) is 5.75 Å². The summed E-state index contributed by atoms with van der Waals surface area (Å²) in [5.41, 5.74) is 7.02. The fourth-order valence-electron chi connectivity index (χ4n) is 3.28. The van der Waals surface area contributed by atoms with Crippen molar-refractivity contribution in [2.45, 2.75) is 13.0 Å². The number of hydrogen-bond acceptors (Lipinski definition) is 5. The minimum atomic E-state index is -0.243. The fraction of sp³-hybridized carbons (Fsp3) is 0.200. The second-order valence-corrected chi connectivity index (χ2v) is 6.24. The highest BCUT2D eigenvalue weighted by Crippen LogP contribution is 2.31. The molecule has 0 saturated carbocycles. The summed E-state index contributed by atoms with van der Waals surface area (Å²) in [6.45, 7) is 0.621. The molecule has 3 aromatic rings. The Bertz CT molecular complexity index is 998. The third kappa shape index (κ3) is 2.90. The van der Waals surface area contributed by atoms with E-state index in [9.17, 15) is 4.79 Å². The number of para-hydroxylation sites is 1. The highest BCUT2D eigenvalue weighted by molar-refractivity contribution is 5.69. The van der Waals surface area contributed by atoms with Crippen LogP contribution in [0.4, 0.5) is 11.5 Å². The first-order chi connectivity index (χ1) is 12.7. The molecule has 26 heavy (non-hydrogen) atoms. The molecule has 2 heterocycles. The lowest BCUT2D eigenvalue weighted by Gasteiger charge is -2.24. The van der Waals surface area contributed by atoms with E-state index in [4.69, 9.17) is 4.74 Å². The van der Waals surface area contributed by atoms with Gasteiger partial charge in [-0.3, -0.25) is 15.0 Å². The Hall–Kier alpha value is -3.28. The standard InChI is InChI=1S/C20H20N4O2/c1-23(15-6-4-3-5-7-15)22-19-13-18-17-9-8-16(26-2)12-14(17)10-11-24(18)20(25)21-19/h3-9,12-13H,10-11H2,1-2H3,(H,21,22,25). The SMILES string of the molecule is COc1ccc2c(c1)CCn1c-2cc(NN(C)c2ccccc2)nc1=O. The van der Waals surface area contributed by atoms with Crippen LogP contribution in [0.5, 0.6) is 5.75 Å². The number of fused-ring (bicyclic) bond motifs is 3. The van der Waals surface area contributed by atoms with Crippen LogP contribution in [0.1, 0.15) is 5.56 Å². The number of nitrogens with one attached hydrogen (secondary N) is 1. The lowest BCUT2D eigenvalue weighted by Crippen LogP contribution is -2.32. The number of aryl methyl sites for hydroxylation is 1. The summed E-state index contributed by atoms with van der Waals surface area (Å²) in [6, 6.07) is 17.7. The first-order valence-corrected chi connectivity index (χ1v) is 8.50. The van der Waals surface area contributed by atoms with Crippen LogP contribution in [0.2, 0.25) is 0 Å². The van der Waals surface area contributed by atoms with Crippen LogP contribution in [-0.4, -0.2) is 23.7 Å². The topological polar surface area (TPSA) is 59.4 Å². The Balaban J connectivity index is 1.72. The zero-order valence-corrected chi connectivity index (χ0v) is 14.8. The number of nitrogens with zero attached hydrogens (tertiary/aromatic N) is 3. The molecule has 2 aromatic carbocycles. The minimum absolute atomic E-state index is 0.243. The summed E-state index contributed by atoms with van der Waals surface area (Å²) in [5, 5.41) is 1.84. The van der Waals surface area contributed by atoms with Crippen molar-refractivity contribution >= 4 is 11.5 Å². The number of hydrazine groups is 1. The van der Waals surface area contributed by atoms with Gasteiger partial charge in [0, 0.05) is 25.2 Å². The van der Waals surface area contributed by atoms with Gasteiger partial charge in [-0.25, -0.2) is 4.79 Å². The van der Waals surface area contributed by atoms with Crippen molar-refractivity contribution in [3.05, 3.63) is 70.6 Å². The number of rotatable bonds is 4. The highest BCUT2D eigenvalue weighted by Gasteiger charge is 2.19. The van der Waals surface area contributed by atoms with E-state index >= 15 is 0 Å². The van der Waals surface area contributed by atoms with E-state index in [1.54, 1.807) is 11.7 Å². The maximum atomic E-state index is 12.5. The molecule has 1 aliphatic rings. The van der Waals surface area contributed by atoms with Crippen LogP contribution in [0.15, 0.2) is 59.4 Å². The molecule has 0 bridgehead atoms. The Kier molecular flexibility index (Phi) is 4.08. The Morgan fingerprint density at radius 1 is 1.15 bits per heavy atom. The van der Waals surface area contributed by atoms with Crippen LogP contribution < -0.4 is 20.9 Å². The van der Waals surface area contributed by atoms with E-state index < -0.39 is 0 Å². The van der Waals surface area contributed by atoms with Gasteiger partial charge in [-0.15, -0.1) is 0 Å². The number of hydrogen-bond donors (Lipinski definition) is 1. The van der Waals surface area contributed by atoms with E-state index in [0.717, 1.165) is 29.1 Å². The molecule has 1 aliphatic heterocycles. The van der Waals surface area contributed by atoms with Gasteiger partial charge in [-0.2, -0.15) is 4.98 Å². The molecular formula is C20H20N4O2. The summed E-state index contributed by atoms with van der Waals surface area (Å²) in [6.07, 6.45) is 0.789. The molecule has 6 nitrogen and oxygen atoms in total. The molecule has 132 valence electrons. The zero-order chi connectivity index (χ0) is 18.1. The highest BCUT2D eigenvalue weighted by atomic mass is 16.5. The molecule has 0 radical (unpaired) electrons. The van der Waals surface area contributed by atoms with Crippen LogP contribution in [0.25, 0.3) is 11.3 Å². The largest absolute Gasteiger partial charge is 0.497 e. The van der Waals surface area contributed by atoms with Crippen molar-refractivity contribution in [2.24, 2.45) is 0 Å². The van der Waals surface area contributed by atoms with Crippen LogP contribution >= 0.6 is 0 Å². The van der Waals surface area contributed by atoms with Gasteiger partial charge in [-0.05, 0) is 42.3 Å². The van der Waals surface area contributed by atoms with Gasteiger partial charge < -0.3 is 4.74 Å². The molecule has 0 spiro atoms. The van der Waals surface area contributed by atoms with E-state index in [1.807, 2.05) is 66.7 Å². The first-order valence-electron chi connectivity index (χ1n) is 8.50. The van der Waals surface area contributed by atoms with Crippen molar-refractivity contribution < 1.29 is 4.74 Å². The van der Waals surface area contributed by atoms with Gasteiger partial charge in [0.15, 0.2) is 5.82 Å². The lowest BCUT2D eigenvalue weighted by molar-refractivity contribution is 0.414. The molecule has 0 aliphatic carbocycles. The van der Waals surface area contributed by atoms with Crippen LogP contribution in [-0.2, 0) is 13.0 Å². The Morgan fingerprint density at radius 3 is 2.73 bits per heavy atom. The molecule has 6 heteroatoms. The number of aromatic nitrogens is 2. The maximum absolute atomic E-state index is 12.5. The summed E-state index contributed by atoms with van der Waals surface area (Å²) in [5.74, 6) is 1.35. The molecule has 0 atom stereocenters. The average molecular weight is 348 g/mol. The minimum Gasteiger partial charge on any atom is -0.497 e. The predicted octanol–water partition coefficient (Wildman–Crippen LogP) is 2.94. The average Bonchev–Trinajstić information content (AvgIpc) is 2.68. The zero-order valence-electron chi connectivity index (χ0n) is 14.8. The van der Waals surface area contributed by atoms with Crippen LogP contribution in [0, 0.1) is 0 Å².